The van der Waals surface area contributed by atoms with Crippen LogP contribution in [0.25, 0.3) is 0 Å². The second kappa shape index (κ2) is 6.16. The Morgan fingerprint density at radius 1 is 0.826 bits per heavy atom. The number of halogens is 10. The zero-order valence-corrected chi connectivity index (χ0v) is 11.3. The van der Waals surface area contributed by atoms with Crippen molar-refractivity contribution in [3.8, 4) is 0 Å². The third-order valence-corrected chi connectivity index (χ3v) is 3.00. The highest BCUT2D eigenvalue weighted by Crippen LogP contribution is 2.54. The van der Waals surface area contributed by atoms with Gasteiger partial charge in [-0.15, -0.1) is 0 Å². The number of unbranched alkanes of at least 4 members (excludes halogenated alkanes) is 1. The molecule has 0 aliphatic heterocycles. The Balaban J connectivity index is 3.77. The zero-order chi connectivity index (χ0) is 18.2. The van der Waals surface area contributed by atoms with E-state index in [1.807, 2.05) is 0 Å². The minimum atomic E-state index is -6.76. The summed E-state index contributed by atoms with van der Waals surface area (Å²) in [5.74, 6) is -7.92. The monoisotopic (exact) mass is 357 g/mol. The van der Waals surface area contributed by atoms with Crippen LogP contribution in [0.4, 0.5) is 43.9 Å². The first-order chi connectivity index (χ1) is 10.3. The zero-order valence-electron chi connectivity index (χ0n) is 11.3. The lowest BCUT2D eigenvalue weighted by atomic mass is 9.92. The molecule has 0 atom stereocenters. The number of aromatic nitrogens is 1. The lowest BCUT2D eigenvalue weighted by Crippen LogP contribution is -2.52. The van der Waals surface area contributed by atoms with Gasteiger partial charge in [0.15, 0.2) is 11.6 Å². The number of nitrogens with zero attached hydrogens (tertiary/aromatic N) is 1. The molecule has 0 bridgehead atoms. The standard InChI is InChI=1S/C12H9F10N/c1-2-3-4-5-7(13)6(8(14)9(15)23-5)10(16,11(17,18)19)12(20,21)22/h2-4H2,1H3. The molecule has 132 valence electrons. The van der Waals surface area contributed by atoms with Crippen molar-refractivity contribution < 1.29 is 43.9 Å². The van der Waals surface area contributed by atoms with Crippen LogP contribution < -0.4 is 0 Å². The maximum absolute atomic E-state index is 13.9. The SMILES string of the molecule is CCCCc1nc(F)c(F)c(C(F)(C(F)(F)F)C(F)(F)F)c1F. The molecule has 1 aromatic rings. The van der Waals surface area contributed by atoms with Gasteiger partial charge < -0.3 is 0 Å². The highest BCUT2D eigenvalue weighted by Gasteiger charge is 2.75. The van der Waals surface area contributed by atoms with Gasteiger partial charge in [0, 0.05) is 0 Å². The topological polar surface area (TPSA) is 12.9 Å². The Bertz CT molecular complexity index is 561. The van der Waals surface area contributed by atoms with Gasteiger partial charge in [-0.2, -0.15) is 30.7 Å². The molecule has 1 heterocycles. The van der Waals surface area contributed by atoms with Crippen LogP contribution in [-0.4, -0.2) is 17.3 Å². The lowest BCUT2D eigenvalue weighted by Gasteiger charge is -2.31. The van der Waals surface area contributed by atoms with Gasteiger partial charge in [-0.3, -0.25) is 0 Å². The third-order valence-electron chi connectivity index (χ3n) is 3.00. The molecule has 0 amide bonds. The molecule has 0 spiro atoms. The molecule has 0 saturated heterocycles. The highest BCUT2D eigenvalue weighted by atomic mass is 19.4. The molecule has 0 N–H and O–H groups in total. The molecule has 0 aromatic carbocycles. The summed E-state index contributed by atoms with van der Waals surface area (Å²) >= 11 is 0. The Morgan fingerprint density at radius 3 is 1.70 bits per heavy atom. The van der Waals surface area contributed by atoms with E-state index in [2.05, 4.69) is 4.98 Å². The summed E-state index contributed by atoms with van der Waals surface area (Å²) < 4.78 is 130. The van der Waals surface area contributed by atoms with Gasteiger partial charge in [0.2, 0.25) is 5.95 Å². The predicted molar refractivity (Wildman–Crippen MR) is 57.6 cm³/mol. The van der Waals surface area contributed by atoms with Gasteiger partial charge in [0.1, 0.15) is 0 Å². The van der Waals surface area contributed by atoms with Gasteiger partial charge >= 0.3 is 18.0 Å². The summed E-state index contributed by atoms with van der Waals surface area (Å²) in [4.78, 5) is 2.63. The van der Waals surface area contributed by atoms with E-state index in [9.17, 15) is 43.9 Å². The number of alkyl halides is 7. The number of hydrogen-bond donors (Lipinski definition) is 0. The molecule has 0 saturated carbocycles. The Labute approximate surface area is 123 Å². The number of rotatable bonds is 4. The van der Waals surface area contributed by atoms with E-state index >= 15 is 0 Å². The minimum Gasteiger partial charge on any atom is -0.219 e. The second-order valence-electron chi connectivity index (χ2n) is 4.61. The van der Waals surface area contributed by atoms with Crippen LogP contribution in [0, 0.1) is 17.6 Å². The van der Waals surface area contributed by atoms with Crippen molar-refractivity contribution in [1.29, 1.82) is 0 Å². The summed E-state index contributed by atoms with van der Waals surface area (Å²) in [5, 5.41) is 0. The Kier molecular flexibility index (Phi) is 5.22. The number of hydrogen-bond acceptors (Lipinski definition) is 1. The minimum absolute atomic E-state index is 0.00571. The molecule has 23 heavy (non-hydrogen) atoms. The van der Waals surface area contributed by atoms with Gasteiger partial charge in [-0.1, -0.05) is 13.3 Å². The van der Waals surface area contributed by atoms with Crippen LogP contribution in [0.3, 0.4) is 0 Å². The molecule has 0 aliphatic rings. The average molecular weight is 357 g/mol. The van der Waals surface area contributed by atoms with Crippen LogP contribution in [-0.2, 0) is 12.1 Å². The fourth-order valence-corrected chi connectivity index (χ4v) is 1.82. The molecular weight excluding hydrogens is 348 g/mol. The molecule has 11 heteroatoms. The third kappa shape index (κ3) is 3.23. The van der Waals surface area contributed by atoms with E-state index in [0.717, 1.165) is 0 Å². The number of aryl methyl sites for hydroxylation is 1. The van der Waals surface area contributed by atoms with Gasteiger partial charge in [0.25, 0.3) is 0 Å². The highest BCUT2D eigenvalue weighted by molar-refractivity contribution is 5.32. The van der Waals surface area contributed by atoms with Crippen LogP contribution >= 0.6 is 0 Å². The van der Waals surface area contributed by atoms with E-state index in [1.54, 1.807) is 0 Å². The van der Waals surface area contributed by atoms with Crippen LogP contribution in [0.15, 0.2) is 0 Å². The first-order valence-corrected chi connectivity index (χ1v) is 6.15. The quantitative estimate of drug-likeness (QED) is 0.538. The molecule has 0 aliphatic carbocycles. The summed E-state index contributed by atoms with van der Waals surface area (Å²) in [5.41, 5.74) is -10.7. The van der Waals surface area contributed by atoms with Gasteiger partial charge in [-0.05, 0) is 12.8 Å². The number of pyridine rings is 1. The second-order valence-corrected chi connectivity index (χ2v) is 4.61. The lowest BCUT2D eigenvalue weighted by molar-refractivity contribution is -0.350. The summed E-state index contributed by atoms with van der Waals surface area (Å²) in [6.45, 7) is 1.53. The molecular formula is C12H9F10N. The molecule has 1 aromatic heterocycles. The van der Waals surface area contributed by atoms with Crippen LogP contribution in [0.1, 0.15) is 31.0 Å². The van der Waals surface area contributed by atoms with E-state index in [-0.39, 0.29) is 6.42 Å². The molecule has 0 radical (unpaired) electrons. The van der Waals surface area contributed by atoms with Crippen LogP contribution in [0.5, 0.6) is 0 Å². The van der Waals surface area contributed by atoms with Crippen molar-refractivity contribution in [2.45, 2.75) is 44.2 Å². The van der Waals surface area contributed by atoms with Crippen LogP contribution in [0.2, 0.25) is 0 Å². The first-order valence-electron chi connectivity index (χ1n) is 6.15. The predicted octanol–water partition coefficient (Wildman–Crippen LogP) is 5.13. The summed E-state index contributed by atoms with van der Waals surface area (Å²) in [7, 11) is 0. The summed E-state index contributed by atoms with van der Waals surface area (Å²) in [6, 6.07) is 0. The van der Waals surface area contributed by atoms with E-state index in [4.69, 9.17) is 0 Å². The maximum atomic E-state index is 13.9. The van der Waals surface area contributed by atoms with E-state index in [0.29, 0.717) is 6.42 Å². The van der Waals surface area contributed by atoms with Crippen molar-refractivity contribution in [2.24, 2.45) is 0 Å². The largest absolute Gasteiger partial charge is 0.436 e. The smallest absolute Gasteiger partial charge is 0.219 e. The average Bonchev–Trinajstić information content (AvgIpc) is 2.38. The molecule has 1 rings (SSSR count). The molecule has 0 fully saturated rings. The van der Waals surface area contributed by atoms with Crippen molar-refractivity contribution >= 4 is 0 Å². The van der Waals surface area contributed by atoms with Gasteiger partial charge in [0.05, 0.1) is 11.3 Å². The van der Waals surface area contributed by atoms with Crippen molar-refractivity contribution in [1.82, 2.24) is 4.98 Å². The summed E-state index contributed by atoms with van der Waals surface area (Å²) in [6.07, 6.45) is -13.8. The molecule has 0 unspecified atom stereocenters. The Morgan fingerprint density at radius 2 is 1.30 bits per heavy atom. The van der Waals surface area contributed by atoms with Gasteiger partial charge in [-0.25, -0.2) is 18.2 Å². The first kappa shape index (κ1) is 19.5. The fraction of sp³-hybridized carbons (Fsp3) is 0.583. The van der Waals surface area contributed by atoms with E-state index in [1.165, 1.54) is 6.92 Å². The maximum Gasteiger partial charge on any atom is 0.436 e. The van der Waals surface area contributed by atoms with E-state index < -0.39 is 53.3 Å². The normalized spacial score (nSPS) is 13.5. The molecule has 1 nitrogen and oxygen atoms in total. The van der Waals surface area contributed by atoms with Crippen molar-refractivity contribution in [2.75, 3.05) is 0 Å². The Hall–Kier alpha value is -1.55. The van der Waals surface area contributed by atoms with Crippen molar-refractivity contribution in [3.05, 3.63) is 28.8 Å². The fourth-order valence-electron chi connectivity index (χ4n) is 1.82. The van der Waals surface area contributed by atoms with Crippen molar-refractivity contribution in [3.63, 3.8) is 0 Å².